The number of hydrogen-bond donors (Lipinski definition) is 0. The Morgan fingerprint density at radius 1 is 1.07 bits per heavy atom. The minimum Gasteiger partial charge on any atom is -0.339 e. The number of carbonyl (C=O) groups excluding carboxylic acids is 1. The molecule has 0 unspecified atom stereocenters. The second-order valence-corrected chi connectivity index (χ2v) is 11.1. The molecule has 0 saturated carbocycles. The quantitative estimate of drug-likeness (QED) is 0.543. The van der Waals surface area contributed by atoms with Crippen LogP contribution in [0.1, 0.15) is 31.1 Å². The maximum atomic E-state index is 14.0. The number of amides is 1. The topological polar surface area (TPSA) is 57.7 Å². The Morgan fingerprint density at radius 2 is 1.80 bits per heavy atom. The van der Waals surface area contributed by atoms with Crippen LogP contribution < -0.4 is 0 Å². The van der Waals surface area contributed by atoms with E-state index in [0.29, 0.717) is 38.2 Å². The van der Waals surface area contributed by atoms with Crippen molar-refractivity contribution in [3.63, 3.8) is 0 Å². The number of carbonyl (C=O) groups is 1. The fourth-order valence-electron chi connectivity index (χ4n) is 3.57. The molecule has 1 aliphatic rings. The van der Waals surface area contributed by atoms with E-state index in [1.165, 1.54) is 6.07 Å². The summed E-state index contributed by atoms with van der Waals surface area (Å²) in [5.74, 6) is -0.796. The lowest BCUT2D eigenvalue weighted by Crippen LogP contribution is -2.49. The van der Waals surface area contributed by atoms with Gasteiger partial charge in [-0.2, -0.15) is 0 Å². The Labute approximate surface area is 182 Å². The molecule has 1 aromatic heterocycles. The predicted molar refractivity (Wildman–Crippen MR) is 120 cm³/mol. The van der Waals surface area contributed by atoms with Gasteiger partial charge in [-0.3, -0.25) is 9.69 Å². The third-order valence-corrected chi connectivity index (χ3v) is 8.01. The molecule has 3 rings (SSSR count). The summed E-state index contributed by atoms with van der Waals surface area (Å²) in [6.07, 6.45) is 2.44. The van der Waals surface area contributed by atoms with E-state index in [0.717, 1.165) is 29.1 Å². The third kappa shape index (κ3) is 6.36. The lowest BCUT2D eigenvalue weighted by molar-refractivity contribution is -0.130. The van der Waals surface area contributed by atoms with Crippen molar-refractivity contribution < 1.29 is 17.6 Å². The van der Waals surface area contributed by atoms with Crippen LogP contribution in [0, 0.1) is 5.82 Å². The normalized spacial score (nSPS) is 15.5. The monoisotopic (exact) mass is 452 g/mol. The van der Waals surface area contributed by atoms with Gasteiger partial charge in [0.1, 0.15) is 11.6 Å². The molecule has 1 aromatic carbocycles. The summed E-state index contributed by atoms with van der Waals surface area (Å²) in [6.45, 7) is 5.25. The second kappa shape index (κ2) is 10.5. The van der Waals surface area contributed by atoms with Gasteiger partial charge in [0, 0.05) is 48.0 Å². The largest absolute Gasteiger partial charge is 0.339 e. The molecule has 0 aliphatic carbocycles. The standard InChI is InChI=1S/C22H29FN2O3S2/c1-2-3-6-15-30(27,28)17-22(26)25-13-11-24(12-14-25)16-18-9-10-21(29-18)19-7-4-5-8-20(19)23/h4-5,7-10H,2-3,6,11-17H2,1H3. The van der Waals surface area contributed by atoms with Crippen molar-refractivity contribution in [2.24, 2.45) is 0 Å². The number of rotatable bonds is 9. The minimum atomic E-state index is -3.33. The molecule has 0 bridgehead atoms. The highest BCUT2D eigenvalue weighted by molar-refractivity contribution is 7.92. The first-order valence-corrected chi connectivity index (χ1v) is 13.1. The van der Waals surface area contributed by atoms with Crippen LogP contribution in [0.4, 0.5) is 4.39 Å². The number of benzene rings is 1. The molecular weight excluding hydrogens is 423 g/mol. The van der Waals surface area contributed by atoms with Crippen LogP contribution in [0.3, 0.4) is 0 Å². The number of hydrogen-bond acceptors (Lipinski definition) is 5. The Hall–Kier alpha value is -1.77. The van der Waals surface area contributed by atoms with E-state index in [-0.39, 0.29) is 23.2 Å². The summed E-state index contributed by atoms with van der Waals surface area (Å²) in [5.41, 5.74) is 0.615. The lowest BCUT2D eigenvalue weighted by Gasteiger charge is -2.34. The van der Waals surface area contributed by atoms with Gasteiger partial charge in [0.25, 0.3) is 0 Å². The van der Waals surface area contributed by atoms with Gasteiger partial charge in [-0.15, -0.1) is 11.3 Å². The zero-order chi connectivity index (χ0) is 21.6. The zero-order valence-electron chi connectivity index (χ0n) is 17.3. The van der Waals surface area contributed by atoms with Gasteiger partial charge in [-0.25, -0.2) is 12.8 Å². The zero-order valence-corrected chi connectivity index (χ0v) is 19.0. The number of sulfone groups is 1. The van der Waals surface area contributed by atoms with E-state index in [4.69, 9.17) is 0 Å². The molecule has 30 heavy (non-hydrogen) atoms. The molecule has 0 N–H and O–H groups in total. The van der Waals surface area contributed by atoms with Crippen LogP contribution in [-0.4, -0.2) is 61.8 Å². The lowest BCUT2D eigenvalue weighted by atomic mass is 10.2. The predicted octanol–water partition coefficient (Wildman–Crippen LogP) is 3.80. The number of nitrogens with zero attached hydrogens (tertiary/aromatic N) is 2. The van der Waals surface area contributed by atoms with Crippen LogP contribution >= 0.6 is 11.3 Å². The molecule has 1 fully saturated rings. The summed E-state index contributed by atoms with van der Waals surface area (Å²) in [6, 6.07) is 10.7. The molecule has 1 saturated heterocycles. The molecule has 5 nitrogen and oxygen atoms in total. The second-order valence-electron chi connectivity index (χ2n) is 7.70. The van der Waals surface area contributed by atoms with Gasteiger partial charge < -0.3 is 4.90 Å². The van der Waals surface area contributed by atoms with E-state index >= 15 is 0 Å². The van der Waals surface area contributed by atoms with Crippen molar-refractivity contribution in [1.29, 1.82) is 0 Å². The van der Waals surface area contributed by atoms with Crippen LogP contribution in [-0.2, 0) is 21.2 Å². The highest BCUT2D eigenvalue weighted by Gasteiger charge is 2.25. The molecule has 0 spiro atoms. The average Bonchev–Trinajstić information content (AvgIpc) is 3.17. The minimum absolute atomic E-state index is 0.0925. The van der Waals surface area contributed by atoms with Crippen LogP contribution in [0.25, 0.3) is 10.4 Å². The van der Waals surface area contributed by atoms with Gasteiger partial charge in [-0.1, -0.05) is 38.0 Å². The van der Waals surface area contributed by atoms with Crippen molar-refractivity contribution in [3.8, 4) is 10.4 Å². The fraction of sp³-hybridized carbons (Fsp3) is 0.500. The Balaban J connectivity index is 1.48. The number of halogens is 1. The summed E-state index contributed by atoms with van der Waals surface area (Å²) in [7, 11) is -3.33. The first-order valence-electron chi connectivity index (χ1n) is 10.4. The molecule has 1 aliphatic heterocycles. The molecule has 164 valence electrons. The van der Waals surface area contributed by atoms with E-state index < -0.39 is 9.84 Å². The first-order chi connectivity index (χ1) is 14.4. The molecule has 1 amide bonds. The van der Waals surface area contributed by atoms with Crippen molar-refractivity contribution in [1.82, 2.24) is 9.80 Å². The third-order valence-electron chi connectivity index (χ3n) is 5.31. The van der Waals surface area contributed by atoms with Gasteiger partial charge in [-0.05, 0) is 24.6 Å². The Kier molecular flexibility index (Phi) is 8.02. The van der Waals surface area contributed by atoms with Crippen molar-refractivity contribution in [2.45, 2.75) is 32.7 Å². The van der Waals surface area contributed by atoms with Gasteiger partial charge >= 0.3 is 0 Å². The van der Waals surface area contributed by atoms with E-state index in [1.54, 1.807) is 28.4 Å². The number of unbranched alkanes of at least 4 members (excludes halogenated alkanes) is 2. The number of piperazine rings is 1. The van der Waals surface area contributed by atoms with E-state index in [2.05, 4.69) is 4.90 Å². The molecule has 0 radical (unpaired) electrons. The smallest absolute Gasteiger partial charge is 0.237 e. The molecule has 2 heterocycles. The first kappa shape index (κ1) is 22.9. The maximum absolute atomic E-state index is 14.0. The van der Waals surface area contributed by atoms with Gasteiger partial charge in [0.15, 0.2) is 9.84 Å². The van der Waals surface area contributed by atoms with Gasteiger partial charge in [0.2, 0.25) is 5.91 Å². The average molecular weight is 453 g/mol. The Morgan fingerprint density at radius 3 is 2.50 bits per heavy atom. The molecule has 2 aromatic rings. The van der Waals surface area contributed by atoms with Crippen molar-refractivity contribution in [3.05, 3.63) is 47.1 Å². The summed E-state index contributed by atoms with van der Waals surface area (Å²) in [4.78, 5) is 18.4. The highest BCUT2D eigenvalue weighted by atomic mass is 32.2. The van der Waals surface area contributed by atoms with Crippen molar-refractivity contribution >= 4 is 27.1 Å². The fourth-order valence-corrected chi connectivity index (χ4v) is 5.99. The number of thiophene rings is 1. The summed E-state index contributed by atoms with van der Waals surface area (Å²) in [5, 5.41) is 0. The summed E-state index contributed by atoms with van der Waals surface area (Å²) < 4.78 is 38.2. The Bertz CT molecular complexity index is 951. The van der Waals surface area contributed by atoms with E-state index in [9.17, 15) is 17.6 Å². The maximum Gasteiger partial charge on any atom is 0.237 e. The van der Waals surface area contributed by atoms with Crippen LogP contribution in [0.15, 0.2) is 36.4 Å². The SMILES string of the molecule is CCCCCS(=O)(=O)CC(=O)N1CCN(Cc2ccc(-c3ccccc3F)s2)CC1. The van der Waals surface area contributed by atoms with Crippen LogP contribution in [0.5, 0.6) is 0 Å². The molecular formula is C22H29FN2O3S2. The molecule has 0 atom stereocenters. The summed E-state index contributed by atoms with van der Waals surface area (Å²) >= 11 is 1.58. The van der Waals surface area contributed by atoms with Crippen molar-refractivity contribution in [2.75, 3.05) is 37.7 Å². The molecule has 8 heteroatoms. The van der Waals surface area contributed by atoms with E-state index in [1.807, 2.05) is 25.1 Å². The highest BCUT2D eigenvalue weighted by Crippen LogP contribution is 2.30. The van der Waals surface area contributed by atoms with Crippen LogP contribution in [0.2, 0.25) is 0 Å². The van der Waals surface area contributed by atoms with Gasteiger partial charge in [0.05, 0.1) is 5.75 Å².